The van der Waals surface area contributed by atoms with Crippen LogP contribution in [0.5, 0.6) is 0 Å². The van der Waals surface area contributed by atoms with Crippen molar-refractivity contribution in [1.82, 2.24) is 10.2 Å². The molecule has 0 spiro atoms. The quantitative estimate of drug-likeness (QED) is 0.579. The highest BCUT2D eigenvalue weighted by Crippen LogP contribution is 2.28. The van der Waals surface area contributed by atoms with E-state index < -0.39 is 6.04 Å². The molecule has 3 rings (SSSR count). The zero-order valence-corrected chi connectivity index (χ0v) is 18.4. The number of carbonyl (C=O) groups is 2. The minimum atomic E-state index is -0.732. The first-order chi connectivity index (χ1) is 14.6. The molecule has 1 saturated carbocycles. The average Bonchev–Trinajstić information content (AvgIpc) is 3.28. The Labute approximate surface area is 183 Å². The molecule has 1 unspecified atom stereocenters. The van der Waals surface area contributed by atoms with Crippen molar-refractivity contribution in [3.8, 4) is 0 Å². The van der Waals surface area contributed by atoms with E-state index in [4.69, 9.17) is 0 Å². The number of thiophene rings is 1. The molecule has 1 aromatic carbocycles. The molecule has 5 heteroatoms. The van der Waals surface area contributed by atoms with Gasteiger partial charge < -0.3 is 5.32 Å². The summed E-state index contributed by atoms with van der Waals surface area (Å²) in [7, 11) is 0. The van der Waals surface area contributed by atoms with Gasteiger partial charge in [0.2, 0.25) is 11.8 Å². The molecule has 0 saturated heterocycles. The van der Waals surface area contributed by atoms with Gasteiger partial charge in [-0.1, -0.05) is 68.3 Å². The molecule has 158 valence electrons. The van der Waals surface area contributed by atoms with Gasteiger partial charge >= 0.3 is 0 Å². The molecule has 4 nitrogen and oxygen atoms in total. The zero-order chi connectivity index (χ0) is 21.3. The Kier molecular flexibility index (Phi) is 8.03. The zero-order valence-electron chi connectivity index (χ0n) is 17.5. The maximum absolute atomic E-state index is 13.5. The van der Waals surface area contributed by atoms with Crippen LogP contribution in [0.4, 0.5) is 0 Å². The fourth-order valence-electron chi connectivity index (χ4n) is 4.02. The van der Waals surface area contributed by atoms with E-state index in [2.05, 4.69) is 11.9 Å². The smallest absolute Gasteiger partial charge is 0.248 e. The monoisotopic (exact) mass is 422 g/mol. The predicted octanol–water partition coefficient (Wildman–Crippen LogP) is 5.40. The highest BCUT2D eigenvalue weighted by Gasteiger charge is 2.34. The summed E-state index contributed by atoms with van der Waals surface area (Å²) >= 11 is 1.55. The molecule has 1 fully saturated rings. The minimum Gasteiger partial charge on any atom is -0.351 e. The fourth-order valence-corrected chi connectivity index (χ4v) is 4.72. The van der Waals surface area contributed by atoms with Gasteiger partial charge in [-0.25, -0.2) is 0 Å². The number of benzene rings is 1. The first kappa shape index (κ1) is 22.0. The third kappa shape index (κ3) is 5.48. The molecule has 1 aliphatic carbocycles. The van der Waals surface area contributed by atoms with E-state index in [1.54, 1.807) is 22.3 Å². The van der Waals surface area contributed by atoms with Crippen LogP contribution < -0.4 is 5.32 Å². The first-order valence-corrected chi connectivity index (χ1v) is 11.5. The number of hydrogen-bond acceptors (Lipinski definition) is 3. The van der Waals surface area contributed by atoms with Gasteiger partial charge in [-0.15, -0.1) is 11.3 Å². The number of nitrogens with zero attached hydrogens (tertiary/aromatic N) is 1. The maximum atomic E-state index is 13.5. The third-order valence-corrected chi connectivity index (χ3v) is 6.41. The Balaban J connectivity index is 1.96. The third-order valence-electron chi connectivity index (χ3n) is 5.53. The summed E-state index contributed by atoms with van der Waals surface area (Å²) < 4.78 is 0. The van der Waals surface area contributed by atoms with E-state index in [-0.39, 0.29) is 24.3 Å². The van der Waals surface area contributed by atoms with Crippen LogP contribution in [-0.2, 0) is 16.0 Å². The van der Waals surface area contributed by atoms with E-state index in [9.17, 15) is 9.59 Å². The number of nitrogens with one attached hydrogen (secondary N) is 1. The van der Waals surface area contributed by atoms with Crippen molar-refractivity contribution in [3.63, 3.8) is 0 Å². The number of carbonyl (C=O) groups excluding carboxylic acids is 2. The number of rotatable bonds is 8. The molecule has 2 aromatic rings. The second kappa shape index (κ2) is 10.9. The van der Waals surface area contributed by atoms with Gasteiger partial charge in [0.15, 0.2) is 0 Å². The summed E-state index contributed by atoms with van der Waals surface area (Å²) in [6.45, 7) is 5.76. The molecule has 1 aliphatic rings. The van der Waals surface area contributed by atoms with Gasteiger partial charge in [-0.3, -0.25) is 14.5 Å². The Bertz CT molecular complexity index is 868. The molecule has 2 amide bonds. The lowest BCUT2D eigenvalue weighted by Crippen LogP contribution is -2.46. The standard InChI is InChI=1S/C25H30N2O2S/c1-3-21(4-2)27(23(28)18-22-16-11-17-30-22)24(19-12-7-5-8-13-19)25(29)26-20-14-9-6-10-15-20/h3-5,7-8,11-13,16-17,20,24H,1,6,9-10,14-15,18H2,2H3,(H,26,29). The SMILES string of the molecule is C=CC(=CC)N(C(=O)Cc1cccs1)C(C(=O)NC1CCCCC1)c1ccccc1. The topological polar surface area (TPSA) is 49.4 Å². The highest BCUT2D eigenvalue weighted by molar-refractivity contribution is 7.10. The maximum Gasteiger partial charge on any atom is 0.248 e. The van der Waals surface area contributed by atoms with E-state index >= 15 is 0 Å². The fraction of sp³-hybridized carbons (Fsp3) is 0.360. The lowest BCUT2D eigenvalue weighted by atomic mass is 9.94. The van der Waals surface area contributed by atoms with Crippen LogP contribution in [0.25, 0.3) is 0 Å². The van der Waals surface area contributed by atoms with Crippen LogP contribution in [0.15, 0.2) is 72.3 Å². The van der Waals surface area contributed by atoms with Gasteiger partial charge in [-0.2, -0.15) is 0 Å². The van der Waals surface area contributed by atoms with Crippen molar-refractivity contribution in [2.45, 2.75) is 57.5 Å². The Morgan fingerprint density at radius 1 is 1.17 bits per heavy atom. The number of allylic oxidation sites excluding steroid dienone is 2. The Morgan fingerprint density at radius 2 is 1.90 bits per heavy atom. The molecule has 0 radical (unpaired) electrons. The van der Waals surface area contributed by atoms with Crippen molar-refractivity contribution >= 4 is 23.2 Å². The normalized spacial score (nSPS) is 16.0. The van der Waals surface area contributed by atoms with Gasteiger partial charge in [-0.05, 0) is 42.9 Å². The van der Waals surface area contributed by atoms with Gasteiger partial charge in [0.25, 0.3) is 0 Å². The van der Waals surface area contributed by atoms with Gasteiger partial charge in [0, 0.05) is 16.6 Å². The van der Waals surface area contributed by atoms with E-state index in [1.807, 2.05) is 60.8 Å². The summed E-state index contributed by atoms with van der Waals surface area (Å²) in [4.78, 5) is 29.6. The molecule has 1 atom stereocenters. The second-order valence-corrected chi connectivity index (χ2v) is 8.63. The molecule has 1 heterocycles. The lowest BCUT2D eigenvalue weighted by molar-refractivity contribution is -0.138. The van der Waals surface area contributed by atoms with Crippen LogP contribution >= 0.6 is 11.3 Å². The molecular formula is C25H30N2O2S. The van der Waals surface area contributed by atoms with Gasteiger partial charge in [0.1, 0.15) is 6.04 Å². The van der Waals surface area contributed by atoms with Crippen LogP contribution in [0.2, 0.25) is 0 Å². The van der Waals surface area contributed by atoms with Crippen LogP contribution in [0.1, 0.15) is 55.5 Å². The van der Waals surface area contributed by atoms with Crippen molar-refractivity contribution < 1.29 is 9.59 Å². The predicted molar refractivity (Wildman–Crippen MR) is 123 cm³/mol. The number of amides is 2. The van der Waals surface area contributed by atoms with E-state index in [0.29, 0.717) is 5.70 Å². The summed E-state index contributed by atoms with van der Waals surface area (Å²) in [5.74, 6) is -0.244. The Hall–Kier alpha value is -2.66. The van der Waals surface area contributed by atoms with Crippen LogP contribution in [-0.4, -0.2) is 22.8 Å². The first-order valence-electron chi connectivity index (χ1n) is 10.6. The van der Waals surface area contributed by atoms with Crippen molar-refractivity contribution in [2.24, 2.45) is 0 Å². The van der Waals surface area contributed by atoms with Crippen molar-refractivity contribution in [1.29, 1.82) is 0 Å². The molecular weight excluding hydrogens is 392 g/mol. The van der Waals surface area contributed by atoms with Crippen LogP contribution in [0.3, 0.4) is 0 Å². The van der Waals surface area contributed by atoms with E-state index in [1.165, 1.54) is 6.42 Å². The summed E-state index contributed by atoms with van der Waals surface area (Å²) in [5.41, 5.74) is 1.44. The second-order valence-electron chi connectivity index (χ2n) is 7.59. The molecule has 1 aromatic heterocycles. The van der Waals surface area contributed by atoms with Gasteiger partial charge in [0.05, 0.1) is 6.42 Å². The molecule has 1 N–H and O–H groups in total. The molecule has 30 heavy (non-hydrogen) atoms. The van der Waals surface area contributed by atoms with Crippen molar-refractivity contribution in [3.05, 3.63) is 82.7 Å². The summed E-state index contributed by atoms with van der Waals surface area (Å²) in [6.07, 6.45) is 9.22. The van der Waals surface area contributed by atoms with Crippen LogP contribution in [0, 0.1) is 0 Å². The van der Waals surface area contributed by atoms with E-state index in [0.717, 1.165) is 36.1 Å². The summed E-state index contributed by atoms with van der Waals surface area (Å²) in [6, 6.07) is 12.9. The number of hydrogen-bond donors (Lipinski definition) is 1. The average molecular weight is 423 g/mol. The highest BCUT2D eigenvalue weighted by atomic mass is 32.1. The molecule has 0 aliphatic heterocycles. The molecule has 0 bridgehead atoms. The minimum absolute atomic E-state index is 0.113. The summed E-state index contributed by atoms with van der Waals surface area (Å²) in [5, 5.41) is 5.18. The van der Waals surface area contributed by atoms with Crippen molar-refractivity contribution in [2.75, 3.05) is 0 Å². The Morgan fingerprint density at radius 3 is 2.50 bits per heavy atom. The largest absolute Gasteiger partial charge is 0.351 e. The lowest BCUT2D eigenvalue weighted by Gasteiger charge is -2.34.